The highest BCUT2D eigenvalue weighted by atomic mass is 16.5. The van der Waals surface area contributed by atoms with Crippen LogP contribution in [0, 0.1) is 11.3 Å². The number of methoxy groups -OCH3 is 1. The van der Waals surface area contributed by atoms with Gasteiger partial charge in [-0.15, -0.1) is 0 Å². The van der Waals surface area contributed by atoms with E-state index in [9.17, 15) is 0 Å². The number of piperidine rings is 1. The van der Waals surface area contributed by atoms with Gasteiger partial charge in [0.25, 0.3) is 0 Å². The minimum Gasteiger partial charge on any atom is -0.497 e. The topological polar surface area (TPSA) is 61.3 Å². The number of rotatable bonds is 6. The maximum atomic E-state index is 8.84. The average molecular weight is 375 g/mol. The molecule has 0 saturated carbocycles. The second kappa shape index (κ2) is 8.37. The van der Waals surface area contributed by atoms with Crippen LogP contribution in [0.2, 0.25) is 0 Å². The Morgan fingerprint density at radius 1 is 1.11 bits per heavy atom. The maximum Gasteiger partial charge on any atom is 0.119 e. The normalized spacial score (nSPS) is 15.4. The molecule has 0 amide bonds. The highest BCUT2D eigenvalue weighted by molar-refractivity contribution is 5.85. The number of benzene rings is 2. The van der Waals surface area contributed by atoms with Gasteiger partial charge < -0.3 is 14.5 Å². The lowest BCUT2D eigenvalue weighted by Crippen LogP contribution is -2.35. The third kappa shape index (κ3) is 3.97. The Kier molecular flexibility index (Phi) is 5.50. The fourth-order valence-corrected chi connectivity index (χ4v) is 3.97. The molecule has 4 rings (SSSR count). The average Bonchev–Trinajstić information content (AvgIpc) is 3.18. The largest absolute Gasteiger partial charge is 0.497 e. The molecule has 3 aromatic rings. The third-order valence-electron chi connectivity index (χ3n) is 5.61. The maximum absolute atomic E-state index is 8.84. The van der Waals surface area contributed by atoms with E-state index in [1.165, 1.54) is 16.5 Å². The fraction of sp³-hybridized carbons (Fsp3) is 0.348. The van der Waals surface area contributed by atoms with E-state index in [2.05, 4.69) is 34.3 Å². The van der Waals surface area contributed by atoms with Crippen molar-refractivity contribution in [2.24, 2.45) is 0 Å². The van der Waals surface area contributed by atoms with Gasteiger partial charge in [0, 0.05) is 23.6 Å². The second-order valence-electron chi connectivity index (χ2n) is 7.26. The molecule has 5 nitrogen and oxygen atoms in total. The van der Waals surface area contributed by atoms with Crippen molar-refractivity contribution in [1.29, 1.82) is 5.26 Å². The van der Waals surface area contributed by atoms with Crippen LogP contribution >= 0.6 is 0 Å². The monoisotopic (exact) mass is 375 g/mol. The summed E-state index contributed by atoms with van der Waals surface area (Å²) in [5, 5.41) is 10.1. The first kappa shape index (κ1) is 18.4. The zero-order valence-corrected chi connectivity index (χ0v) is 16.1. The number of nitrogens with one attached hydrogen (secondary N) is 1. The highest BCUT2D eigenvalue weighted by Gasteiger charge is 2.22. The van der Waals surface area contributed by atoms with Crippen LogP contribution in [0.4, 0.5) is 0 Å². The first-order valence-corrected chi connectivity index (χ1v) is 9.77. The molecule has 28 heavy (non-hydrogen) atoms. The van der Waals surface area contributed by atoms with Gasteiger partial charge in [-0.3, -0.25) is 4.90 Å². The van der Waals surface area contributed by atoms with E-state index >= 15 is 0 Å². The van der Waals surface area contributed by atoms with Crippen molar-refractivity contribution in [2.45, 2.75) is 18.8 Å². The van der Waals surface area contributed by atoms with Crippen LogP contribution in [0.1, 0.15) is 29.9 Å². The molecule has 2 heterocycles. The summed E-state index contributed by atoms with van der Waals surface area (Å²) in [5.41, 5.74) is 3.24. The lowest BCUT2D eigenvalue weighted by molar-refractivity contribution is 0.173. The van der Waals surface area contributed by atoms with Crippen LogP contribution in [0.5, 0.6) is 11.5 Å². The Balaban J connectivity index is 1.29. The summed E-state index contributed by atoms with van der Waals surface area (Å²) >= 11 is 0. The quantitative estimate of drug-likeness (QED) is 0.697. The molecule has 0 spiro atoms. The smallest absolute Gasteiger partial charge is 0.119 e. The molecule has 1 aliphatic heterocycles. The third-order valence-corrected chi connectivity index (χ3v) is 5.61. The Hall–Kier alpha value is -2.97. The van der Waals surface area contributed by atoms with Gasteiger partial charge in [-0.05, 0) is 79.9 Å². The number of nitriles is 1. The summed E-state index contributed by atoms with van der Waals surface area (Å²) in [5.74, 6) is 2.31. The number of likely N-dealkylation sites (tertiary alicyclic amines) is 1. The van der Waals surface area contributed by atoms with Crippen LogP contribution in [0.25, 0.3) is 10.9 Å². The van der Waals surface area contributed by atoms with Crippen LogP contribution in [0.15, 0.2) is 48.7 Å². The van der Waals surface area contributed by atoms with E-state index in [0.29, 0.717) is 18.1 Å². The van der Waals surface area contributed by atoms with Crippen molar-refractivity contribution in [3.8, 4) is 17.6 Å². The molecule has 5 heteroatoms. The fourth-order valence-electron chi connectivity index (χ4n) is 3.97. The van der Waals surface area contributed by atoms with E-state index in [-0.39, 0.29) is 0 Å². The van der Waals surface area contributed by atoms with E-state index in [4.69, 9.17) is 14.7 Å². The van der Waals surface area contributed by atoms with Gasteiger partial charge in [-0.1, -0.05) is 0 Å². The molecule has 1 aliphatic rings. The van der Waals surface area contributed by atoms with E-state index < -0.39 is 0 Å². The lowest BCUT2D eigenvalue weighted by atomic mass is 9.89. The van der Waals surface area contributed by atoms with Crippen molar-refractivity contribution >= 4 is 10.9 Å². The number of H-pyrrole nitrogens is 1. The molecule has 2 aromatic carbocycles. The standard InChI is InChI=1S/C23H25N3O2/c1-27-20-6-7-23-21(14-20)22(16-25-23)18-8-10-26(11-9-18)12-13-28-19-4-2-17(15-24)3-5-19/h2-7,14,16,18,25H,8-13H2,1H3. The molecule has 1 aromatic heterocycles. The van der Waals surface area contributed by atoms with Crippen molar-refractivity contribution in [1.82, 2.24) is 9.88 Å². The molecule has 0 bridgehead atoms. The summed E-state index contributed by atoms with van der Waals surface area (Å²) in [7, 11) is 1.71. The van der Waals surface area contributed by atoms with Crippen molar-refractivity contribution in [2.75, 3.05) is 33.4 Å². The molecule has 0 unspecified atom stereocenters. The van der Waals surface area contributed by atoms with Crippen LogP contribution < -0.4 is 9.47 Å². The summed E-state index contributed by atoms with van der Waals surface area (Å²) in [6, 6.07) is 15.6. The SMILES string of the molecule is COc1ccc2[nH]cc(C3CCN(CCOc4ccc(C#N)cc4)CC3)c2c1. The lowest BCUT2D eigenvalue weighted by Gasteiger charge is -2.31. The first-order chi connectivity index (χ1) is 13.8. The Morgan fingerprint density at radius 3 is 2.57 bits per heavy atom. The summed E-state index contributed by atoms with van der Waals surface area (Å²) in [4.78, 5) is 5.87. The van der Waals surface area contributed by atoms with Gasteiger partial charge in [0.15, 0.2) is 0 Å². The van der Waals surface area contributed by atoms with Gasteiger partial charge in [-0.2, -0.15) is 5.26 Å². The van der Waals surface area contributed by atoms with Gasteiger partial charge in [0.1, 0.15) is 18.1 Å². The van der Waals surface area contributed by atoms with Crippen LogP contribution in [-0.4, -0.2) is 43.2 Å². The summed E-state index contributed by atoms with van der Waals surface area (Å²) in [6.07, 6.45) is 4.47. The predicted molar refractivity (Wildman–Crippen MR) is 110 cm³/mol. The molecule has 1 fully saturated rings. The van der Waals surface area contributed by atoms with Gasteiger partial charge >= 0.3 is 0 Å². The van der Waals surface area contributed by atoms with Crippen LogP contribution in [-0.2, 0) is 0 Å². The van der Waals surface area contributed by atoms with Crippen molar-refractivity contribution in [3.63, 3.8) is 0 Å². The number of nitrogens with zero attached hydrogens (tertiary/aromatic N) is 2. The summed E-state index contributed by atoms with van der Waals surface area (Å²) in [6.45, 7) is 3.76. The number of aromatic nitrogens is 1. The van der Waals surface area contributed by atoms with Crippen molar-refractivity contribution < 1.29 is 9.47 Å². The predicted octanol–water partition coefficient (Wildman–Crippen LogP) is 4.31. The van der Waals surface area contributed by atoms with Gasteiger partial charge in [0.05, 0.1) is 18.7 Å². The van der Waals surface area contributed by atoms with Gasteiger partial charge in [0.2, 0.25) is 0 Å². The zero-order chi connectivity index (χ0) is 19.3. The minimum atomic E-state index is 0.580. The summed E-state index contributed by atoms with van der Waals surface area (Å²) < 4.78 is 11.2. The Labute approximate surface area is 165 Å². The molecular formula is C23H25N3O2. The van der Waals surface area contributed by atoms with E-state index in [1.54, 1.807) is 19.2 Å². The van der Waals surface area contributed by atoms with Crippen LogP contribution in [0.3, 0.4) is 0 Å². The minimum absolute atomic E-state index is 0.580. The number of hydrogen-bond donors (Lipinski definition) is 1. The number of ether oxygens (including phenoxy) is 2. The Morgan fingerprint density at radius 2 is 1.86 bits per heavy atom. The second-order valence-corrected chi connectivity index (χ2v) is 7.26. The van der Waals surface area contributed by atoms with E-state index in [1.807, 2.05) is 18.2 Å². The number of aromatic amines is 1. The molecule has 0 radical (unpaired) electrons. The van der Waals surface area contributed by atoms with Gasteiger partial charge in [-0.25, -0.2) is 0 Å². The first-order valence-electron chi connectivity index (χ1n) is 9.77. The molecule has 0 atom stereocenters. The molecule has 144 valence electrons. The molecule has 1 saturated heterocycles. The number of fused-ring (bicyclic) bond motifs is 1. The molecular weight excluding hydrogens is 350 g/mol. The molecule has 0 aliphatic carbocycles. The Bertz CT molecular complexity index is 964. The van der Waals surface area contributed by atoms with Crippen molar-refractivity contribution in [3.05, 3.63) is 59.8 Å². The van der Waals surface area contributed by atoms with E-state index in [0.717, 1.165) is 44.0 Å². The highest BCUT2D eigenvalue weighted by Crippen LogP contribution is 2.34. The molecule has 1 N–H and O–H groups in total. The zero-order valence-electron chi connectivity index (χ0n) is 16.1. The number of hydrogen-bond acceptors (Lipinski definition) is 4.